The molecule has 2 heterocycles. The lowest BCUT2D eigenvalue weighted by Crippen LogP contribution is -2.11. The third kappa shape index (κ3) is 4.03. The number of halogens is 1. The number of pyridine rings is 1. The predicted molar refractivity (Wildman–Crippen MR) is 135 cm³/mol. The zero-order chi connectivity index (χ0) is 25.8. The standard InChI is InChI=1S/C26H20FN3O5S/c1-14(2)34-23-12-20-22(11-19(23)16-5-4-6-17(10-16)35-36(27,32)33)30(3)26-24(25(20)31)18-8-7-15(13-28)9-21(18)29-26/h4-12,14,29H,1-3H3. The number of aromatic nitrogens is 2. The Kier molecular flexibility index (Phi) is 5.45. The number of aromatic amines is 1. The molecular formula is C26H20FN3O5S. The molecule has 0 saturated carbocycles. The van der Waals surface area contributed by atoms with E-state index in [-0.39, 0.29) is 17.3 Å². The molecule has 36 heavy (non-hydrogen) atoms. The quantitative estimate of drug-likeness (QED) is 0.333. The summed E-state index contributed by atoms with van der Waals surface area (Å²) in [6, 6.07) is 16.6. The van der Waals surface area contributed by atoms with Crippen molar-refractivity contribution in [3.8, 4) is 28.7 Å². The van der Waals surface area contributed by atoms with Gasteiger partial charge in [-0.25, -0.2) is 0 Å². The SMILES string of the molecule is CC(C)Oc1cc2c(=O)c3c4ccc(C#N)cc4[nH]c3n(C)c2cc1-c1cccc(OS(=O)(=O)F)c1. The van der Waals surface area contributed by atoms with Gasteiger partial charge in [0, 0.05) is 23.5 Å². The Balaban J connectivity index is 1.83. The second-order valence-electron chi connectivity index (χ2n) is 8.65. The third-order valence-electron chi connectivity index (χ3n) is 5.88. The van der Waals surface area contributed by atoms with Gasteiger partial charge in [0.1, 0.15) is 17.1 Å². The number of benzene rings is 3. The van der Waals surface area contributed by atoms with Crippen molar-refractivity contribution in [2.45, 2.75) is 20.0 Å². The van der Waals surface area contributed by atoms with Gasteiger partial charge in [-0.15, -0.1) is 0 Å². The maximum atomic E-state index is 13.7. The van der Waals surface area contributed by atoms with Gasteiger partial charge in [0.15, 0.2) is 5.43 Å². The summed E-state index contributed by atoms with van der Waals surface area (Å²) in [5, 5.41) is 10.9. The van der Waals surface area contributed by atoms with Crippen molar-refractivity contribution < 1.29 is 21.2 Å². The Morgan fingerprint density at radius 1 is 1.08 bits per heavy atom. The topological polar surface area (TPSA) is 114 Å². The maximum absolute atomic E-state index is 13.7. The zero-order valence-electron chi connectivity index (χ0n) is 19.5. The predicted octanol–water partition coefficient (Wildman–Crippen LogP) is 5.09. The molecule has 0 aliphatic carbocycles. The highest BCUT2D eigenvalue weighted by molar-refractivity contribution is 7.81. The van der Waals surface area contributed by atoms with Crippen molar-refractivity contribution in [3.63, 3.8) is 0 Å². The van der Waals surface area contributed by atoms with Crippen LogP contribution in [-0.2, 0) is 17.6 Å². The van der Waals surface area contributed by atoms with Gasteiger partial charge in [0.25, 0.3) is 0 Å². The number of hydrogen-bond donors (Lipinski definition) is 1. The van der Waals surface area contributed by atoms with Crippen LogP contribution in [0.15, 0.2) is 59.4 Å². The maximum Gasteiger partial charge on any atom is 0.488 e. The molecule has 0 radical (unpaired) electrons. The highest BCUT2D eigenvalue weighted by Gasteiger charge is 2.19. The molecule has 0 amide bonds. The van der Waals surface area contributed by atoms with Gasteiger partial charge >= 0.3 is 10.5 Å². The summed E-state index contributed by atoms with van der Waals surface area (Å²) in [6.45, 7) is 3.69. The molecule has 0 spiro atoms. The highest BCUT2D eigenvalue weighted by Crippen LogP contribution is 2.37. The van der Waals surface area contributed by atoms with Crippen molar-refractivity contribution >= 4 is 43.3 Å². The number of ether oxygens (including phenoxy) is 1. The minimum Gasteiger partial charge on any atom is -0.490 e. The molecule has 0 unspecified atom stereocenters. The van der Waals surface area contributed by atoms with Crippen molar-refractivity contribution in [2.24, 2.45) is 7.05 Å². The van der Waals surface area contributed by atoms with E-state index >= 15 is 0 Å². The van der Waals surface area contributed by atoms with Crippen LogP contribution in [0.25, 0.3) is 44.0 Å². The molecule has 0 aliphatic rings. The van der Waals surface area contributed by atoms with Gasteiger partial charge in [-0.05, 0) is 55.8 Å². The molecule has 0 fully saturated rings. The van der Waals surface area contributed by atoms with Crippen LogP contribution in [0.2, 0.25) is 0 Å². The molecule has 3 aromatic carbocycles. The first-order chi connectivity index (χ1) is 17.1. The number of fused-ring (bicyclic) bond motifs is 4. The monoisotopic (exact) mass is 505 g/mol. The van der Waals surface area contributed by atoms with E-state index in [0.29, 0.717) is 55.3 Å². The molecule has 182 valence electrons. The van der Waals surface area contributed by atoms with Gasteiger partial charge in [-0.1, -0.05) is 22.1 Å². The van der Waals surface area contributed by atoms with E-state index in [2.05, 4.69) is 15.2 Å². The fourth-order valence-electron chi connectivity index (χ4n) is 4.42. The Morgan fingerprint density at radius 3 is 2.56 bits per heavy atom. The van der Waals surface area contributed by atoms with Crippen LogP contribution in [0.3, 0.4) is 0 Å². The van der Waals surface area contributed by atoms with E-state index in [4.69, 9.17) is 4.74 Å². The Morgan fingerprint density at radius 2 is 1.86 bits per heavy atom. The fourth-order valence-corrected chi connectivity index (χ4v) is 4.76. The number of aryl methyl sites for hydroxylation is 1. The molecule has 5 rings (SSSR count). The summed E-state index contributed by atoms with van der Waals surface area (Å²) < 4.78 is 47.4. The minimum atomic E-state index is -5.20. The van der Waals surface area contributed by atoms with Crippen LogP contribution in [0.4, 0.5) is 3.89 Å². The van der Waals surface area contributed by atoms with Crippen molar-refractivity contribution in [3.05, 3.63) is 70.4 Å². The summed E-state index contributed by atoms with van der Waals surface area (Å²) in [7, 11) is -3.38. The molecule has 10 heteroatoms. The van der Waals surface area contributed by atoms with Gasteiger partial charge in [0.2, 0.25) is 0 Å². The number of nitrogens with zero attached hydrogens (tertiary/aromatic N) is 2. The summed E-state index contributed by atoms with van der Waals surface area (Å²) in [6.07, 6.45) is -0.225. The first-order valence-electron chi connectivity index (χ1n) is 11.0. The summed E-state index contributed by atoms with van der Waals surface area (Å²) in [5.41, 5.74) is 3.20. The Labute approximate surface area is 205 Å². The van der Waals surface area contributed by atoms with Crippen molar-refractivity contribution in [1.82, 2.24) is 9.55 Å². The average molecular weight is 506 g/mol. The number of rotatable bonds is 5. The highest BCUT2D eigenvalue weighted by atomic mass is 32.3. The molecule has 1 N–H and O–H groups in total. The van der Waals surface area contributed by atoms with Gasteiger partial charge in [-0.3, -0.25) is 4.79 Å². The molecule has 2 aromatic heterocycles. The smallest absolute Gasteiger partial charge is 0.488 e. The normalized spacial score (nSPS) is 11.9. The number of nitriles is 1. The molecule has 0 bridgehead atoms. The lowest BCUT2D eigenvalue weighted by Gasteiger charge is -2.17. The second-order valence-corrected chi connectivity index (χ2v) is 9.60. The Bertz CT molecular complexity index is 1900. The number of H-pyrrole nitrogens is 1. The third-order valence-corrected chi connectivity index (χ3v) is 6.27. The van der Waals surface area contributed by atoms with E-state index in [1.807, 2.05) is 25.5 Å². The van der Waals surface area contributed by atoms with Crippen LogP contribution in [0.5, 0.6) is 11.5 Å². The van der Waals surface area contributed by atoms with Crippen LogP contribution in [0, 0.1) is 11.3 Å². The average Bonchev–Trinajstić information content (AvgIpc) is 3.20. The molecule has 0 saturated heterocycles. The van der Waals surface area contributed by atoms with Gasteiger partial charge < -0.3 is 18.5 Å². The summed E-state index contributed by atoms with van der Waals surface area (Å²) in [5.74, 6) is 0.208. The number of nitrogens with one attached hydrogen (secondary N) is 1. The van der Waals surface area contributed by atoms with Crippen molar-refractivity contribution in [1.29, 1.82) is 5.26 Å². The zero-order valence-corrected chi connectivity index (χ0v) is 20.3. The van der Waals surface area contributed by atoms with Crippen molar-refractivity contribution in [2.75, 3.05) is 0 Å². The van der Waals surface area contributed by atoms with E-state index in [0.717, 1.165) is 0 Å². The molecular weight excluding hydrogens is 485 g/mol. The lowest BCUT2D eigenvalue weighted by atomic mass is 10.0. The summed E-state index contributed by atoms with van der Waals surface area (Å²) >= 11 is 0. The molecule has 8 nitrogen and oxygen atoms in total. The van der Waals surface area contributed by atoms with E-state index < -0.39 is 10.5 Å². The largest absolute Gasteiger partial charge is 0.490 e. The van der Waals surface area contributed by atoms with Crippen LogP contribution in [0.1, 0.15) is 19.4 Å². The fraction of sp³-hybridized carbons (Fsp3) is 0.154. The molecule has 5 aromatic rings. The van der Waals surface area contributed by atoms with Crippen LogP contribution >= 0.6 is 0 Å². The van der Waals surface area contributed by atoms with Crippen LogP contribution < -0.4 is 14.3 Å². The van der Waals surface area contributed by atoms with E-state index in [9.17, 15) is 22.4 Å². The Hall–Kier alpha value is -4.36. The summed E-state index contributed by atoms with van der Waals surface area (Å²) in [4.78, 5) is 16.9. The first kappa shape index (κ1) is 23.4. The second kappa shape index (κ2) is 8.39. The minimum absolute atomic E-state index is 0.196. The van der Waals surface area contributed by atoms with E-state index in [1.54, 1.807) is 36.4 Å². The van der Waals surface area contributed by atoms with E-state index in [1.165, 1.54) is 18.2 Å². The van der Waals surface area contributed by atoms with Crippen LogP contribution in [-0.4, -0.2) is 24.1 Å². The molecule has 0 atom stereocenters. The number of hydrogen-bond acceptors (Lipinski definition) is 6. The first-order valence-corrected chi connectivity index (χ1v) is 12.3. The van der Waals surface area contributed by atoms with Gasteiger partial charge in [-0.2, -0.15) is 13.7 Å². The lowest BCUT2D eigenvalue weighted by molar-refractivity contribution is 0.244. The van der Waals surface area contributed by atoms with Gasteiger partial charge in [0.05, 0.1) is 34.0 Å². The molecule has 0 aliphatic heterocycles.